The quantitative estimate of drug-likeness (QED) is 0.606. The largest absolute Gasteiger partial charge is 0.504 e. The molecule has 2 aromatic carbocycles. The number of methoxy groups -OCH3 is 1. The zero-order valence-electron chi connectivity index (χ0n) is 12.0. The molecule has 2 N–H and O–H groups in total. The van der Waals surface area contributed by atoms with Gasteiger partial charge in [0.15, 0.2) is 17.3 Å². The van der Waals surface area contributed by atoms with Crippen LogP contribution in [0.2, 0.25) is 0 Å². The number of rotatable bonds is 7. The fourth-order valence-electron chi connectivity index (χ4n) is 2.03. The second kappa shape index (κ2) is 7.45. The maximum atomic E-state index is 12.0. The van der Waals surface area contributed by atoms with Gasteiger partial charge in [0.25, 0.3) is 0 Å². The van der Waals surface area contributed by atoms with E-state index >= 15 is 0 Å². The predicted molar refractivity (Wildman–Crippen MR) is 82.0 cm³/mol. The highest BCUT2D eigenvalue weighted by Gasteiger charge is 2.09. The Hall–Kier alpha value is -2.33. The summed E-state index contributed by atoms with van der Waals surface area (Å²) >= 11 is 0. The van der Waals surface area contributed by atoms with E-state index < -0.39 is 0 Å². The van der Waals surface area contributed by atoms with Crippen molar-refractivity contribution in [3.63, 3.8) is 0 Å². The van der Waals surface area contributed by atoms with Crippen LogP contribution in [0.1, 0.15) is 15.9 Å². The summed E-state index contributed by atoms with van der Waals surface area (Å²) in [5.74, 6) is 0.317. The molecule has 0 saturated heterocycles. The monoisotopic (exact) mass is 285 g/mol. The van der Waals surface area contributed by atoms with Crippen molar-refractivity contribution >= 4 is 5.78 Å². The molecule has 0 saturated carbocycles. The minimum Gasteiger partial charge on any atom is -0.504 e. The molecule has 0 aliphatic rings. The van der Waals surface area contributed by atoms with Crippen LogP contribution in [0.15, 0.2) is 48.5 Å². The first-order valence-corrected chi connectivity index (χ1v) is 6.85. The van der Waals surface area contributed by atoms with Gasteiger partial charge in [-0.15, -0.1) is 0 Å². The minimum atomic E-state index is -0.0265. The summed E-state index contributed by atoms with van der Waals surface area (Å²) in [5, 5.41) is 12.6. The van der Waals surface area contributed by atoms with Gasteiger partial charge in [-0.3, -0.25) is 4.79 Å². The lowest BCUT2D eigenvalue weighted by atomic mass is 10.1. The maximum Gasteiger partial charge on any atom is 0.176 e. The lowest BCUT2D eigenvalue weighted by Crippen LogP contribution is -2.25. The second-order valence-electron chi connectivity index (χ2n) is 4.72. The van der Waals surface area contributed by atoms with Gasteiger partial charge < -0.3 is 15.2 Å². The number of benzene rings is 2. The molecule has 0 bridgehead atoms. The molecule has 0 fully saturated rings. The SMILES string of the molecule is COc1cc(C(=O)CNCCc2ccccc2)ccc1O. The summed E-state index contributed by atoms with van der Waals surface area (Å²) in [5.41, 5.74) is 1.76. The van der Waals surface area contributed by atoms with Crippen LogP contribution in [0.25, 0.3) is 0 Å². The first kappa shape index (κ1) is 15.1. The third-order valence-electron chi connectivity index (χ3n) is 3.22. The second-order valence-corrected chi connectivity index (χ2v) is 4.72. The Labute approximate surface area is 124 Å². The van der Waals surface area contributed by atoms with E-state index in [0.29, 0.717) is 11.3 Å². The maximum absolute atomic E-state index is 12.0. The Morgan fingerprint density at radius 1 is 1.19 bits per heavy atom. The van der Waals surface area contributed by atoms with E-state index in [9.17, 15) is 9.90 Å². The van der Waals surface area contributed by atoms with Crippen molar-refractivity contribution in [1.29, 1.82) is 0 Å². The Morgan fingerprint density at radius 2 is 1.95 bits per heavy atom. The zero-order chi connectivity index (χ0) is 15.1. The smallest absolute Gasteiger partial charge is 0.176 e. The molecule has 0 aliphatic heterocycles. The highest BCUT2D eigenvalue weighted by molar-refractivity contribution is 5.98. The van der Waals surface area contributed by atoms with Gasteiger partial charge in [0.1, 0.15) is 0 Å². The fraction of sp³-hybridized carbons (Fsp3) is 0.235. The van der Waals surface area contributed by atoms with Gasteiger partial charge in [-0.25, -0.2) is 0 Å². The minimum absolute atomic E-state index is 0.0265. The Morgan fingerprint density at radius 3 is 2.67 bits per heavy atom. The number of ether oxygens (including phenoxy) is 1. The van der Waals surface area contributed by atoms with Gasteiger partial charge in [0.05, 0.1) is 13.7 Å². The first-order valence-electron chi connectivity index (χ1n) is 6.85. The molecule has 0 aromatic heterocycles. The van der Waals surface area contributed by atoms with Crippen LogP contribution in [0.3, 0.4) is 0 Å². The molecular formula is C17H19NO3. The van der Waals surface area contributed by atoms with Gasteiger partial charge in [0, 0.05) is 5.56 Å². The highest BCUT2D eigenvalue weighted by Crippen LogP contribution is 2.26. The molecule has 21 heavy (non-hydrogen) atoms. The number of carbonyl (C=O) groups excluding carboxylic acids is 1. The van der Waals surface area contributed by atoms with Crippen LogP contribution in [0, 0.1) is 0 Å². The zero-order valence-corrected chi connectivity index (χ0v) is 12.0. The summed E-state index contributed by atoms with van der Waals surface area (Å²) in [4.78, 5) is 12.0. The van der Waals surface area contributed by atoms with Gasteiger partial charge in [-0.2, -0.15) is 0 Å². The van der Waals surface area contributed by atoms with Crippen molar-refractivity contribution in [2.45, 2.75) is 6.42 Å². The van der Waals surface area contributed by atoms with E-state index in [1.165, 1.54) is 18.7 Å². The molecular weight excluding hydrogens is 266 g/mol. The van der Waals surface area contributed by atoms with Crippen LogP contribution < -0.4 is 10.1 Å². The molecule has 0 radical (unpaired) electrons. The van der Waals surface area contributed by atoms with Crippen LogP contribution >= 0.6 is 0 Å². The number of aromatic hydroxyl groups is 1. The summed E-state index contributed by atoms with van der Waals surface area (Å²) < 4.78 is 5.00. The molecule has 2 rings (SSSR count). The van der Waals surface area contributed by atoms with E-state index in [-0.39, 0.29) is 18.1 Å². The van der Waals surface area contributed by atoms with E-state index in [1.807, 2.05) is 18.2 Å². The standard InChI is InChI=1S/C17H19NO3/c1-21-17-11-14(7-8-15(17)19)16(20)12-18-10-9-13-5-3-2-4-6-13/h2-8,11,18-19H,9-10,12H2,1H3. The number of hydrogen-bond acceptors (Lipinski definition) is 4. The van der Waals surface area contributed by atoms with Crippen molar-refractivity contribution in [2.24, 2.45) is 0 Å². The predicted octanol–water partition coefficient (Wildman–Crippen LogP) is 2.42. The fourth-order valence-corrected chi connectivity index (χ4v) is 2.03. The summed E-state index contributed by atoms with van der Waals surface area (Å²) in [6.07, 6.45) is 0.882. The third-order valence-corrected chi connectivity index (χ3v) is 3.22. The average molecular weight is 285 g/mol. The average Bonchev–Trinajstić information content (AvgIpc) is 2.53. The molecule has 0 unspecified atom stereocenters. The molecule has 4 nitrogen and oxygen atoms in total. The Balaban J connectivity index is 1.82. The van der Waals surface area contributed by atoms with E-state index in [1.54, 1.807) is 12.1 Å². The van der Waals surface area contributed by atoms with Gasteiger partial charge >= 0.3 is 0 Å². The Kier molecular flexibility index (Phi) is 5.35. The summed E-state index contributed by atoms with van der Waals surface area (Å²) in [7, 11) is 1.46. The number of hydrogen-bond donors (Lipinski definition) is 2. The first-order chi connectivity index (χ1) is 10.2. The van der Waals surface area contributed by atoms with Gasteiger partial charge in [-0.1, -0.05) is 30.3 Å². The van der Waals surface area contributed by atoms with E-state index in [4.69, 9.17) is 4.74 Å². The normalized spacial score (nSPS) is 10.3. The Bertz CT molecular complexity index is 596. The lowest BCUT2D eigenvalue weighted by Gasteiger charge is -2.07. The topological polar surface area (TPSA) is 58.6 Å². The van der Waals surface area contributed by atoms with E-state index in [2.05, 4.69) is 17.4 Å². The molecule has 4 heteroatoms. The number of Topliss-reactive ketones (excluding diaryl/α,β-unsaturated/α-hetero) is 1. The lowest BCUT2D eigenvalue weighted by molar-refractivity contribution is 0.0991. The van der Waals surface area contributed by atoms with Crippen molar-refractivity contribution in [1.82, 2.24) is 5.32 Å². The van der Waals surface area contributed by atoms with Crippen LogP contribution in [-0.2, 0) is 6.42 Å². The summed E-state index contributed by atoms with van der Waals surface area (Å²) in [6.45, 7) is 1.01. The summed E-state index contributed by atoms with van der Waals surface area (Å²) in [6, 6.07) is 14.7. The molecule has 0 heterocycles. The highest BCUT2D eigenvalue weighted by atomic mass is 16.5. The third kappa shape index (κ3) is 4.33. The molecule has 0 amide bonds. The molecule has 110 valence electrons. The number of nitrogens with one attached hydrogen (secondary N) is 1. The van der Waals surface area contributed by atoms with E-state index in [0.717, 1.165) is 13.0 Å². The van der Waals surface area contributed by atoms with Crippen LogP contribution in [-0.4, -0.2) is 31.1 Å². The molecule has 2 aromatic rings. The molecule has 0 spiro atoms. The van der Waals surface area contributed by atoms with Gasteiger partial charge in [-0.05, 0) is 36.7 Å². The molecule has 0 aliphatic carbocycles. The van der Waals surface area contributed by atoms with Gasteiger partial charge in [0.2, 0.25) is 0 Å². The van der Waals surface area contributed by atoms with Crippen molar-refractivity contribution in [3.8, 4) is 11.5 Å². The van der Waals surface area contributed by atoms with Crippen LogP contribution in [0.4, 0.5) is 0 Å². The molecule has 0 atom stereocenters. The number of phenols is 1. The van der Waals surface area contributed by atoms with Crippen molar-refractivity contribution in [3.05, 3.63) is 59.7 Å². The van der Waals surface area contributed by atoms with Crippen molar-refractivity contribution in [2.75, 3.05) is 20.2 Å². The van der Waals surface area contributed by atoms with Crippen molar-refractivity contribution < 1.29 is 14.6 Å². The number of carbonyl (C=O) groups is 1. The van der Waals surface area contributed by atoms with Crippen LogP contribution in [0.5, 0.6) is 11.5 Å². The number of ketones is 1. The number of phenolic OH excluding ortho intramolecular Hbond substituents is 1.